The molecule has 3 aromatic rings. The van der Waals surface area contributed by atoms with Gasteiger partial charge in [-0.3, -0.25) is 9.59 Å². The van der Waals surface area contributed by atoms with Crippen molar-refractivity contribution in [1.29, 1.82) is 0 Å². The predicted molar refractivity (Wildman–Crippen MR) is 172 cm³/mol. The second-order valence-electron chi connectivity index (χ2n) is 12.4. The Labute approximate surface area is 255 Å². The molecule has 0 spiro atoms. The van der Waals surface area contributed by atoms with Crippen LogP contribution >= 0.6 is 0 Å². The van der Waals surface area contributed by atoms with Gasteiger partial charge in [0.05, 0.1) is 0 Å². The fourth-order valence-corrected chi connectivity index (χ4v) is 5.03. The van der Waals surface area contributed by atoms with Crippen LogP contribution in [-0.2, 0) is 14.3 Å². The molecule has 0 aliphatic heterocycles. The number of alkyl carbamates (subject to hydrolysis) is 1. The fourth-order valence-electron chi connectivity index (χ4n) is 5.03. The predicted octanol–water partition coefficient (Wildman–Crippen LogP) is 7.49. The van der Waals surface area contributed by atoms with Crippen molar-refractivity contribution in [2.75, 3.05) is 11.9 Å². The van der Waals surface area contributed by atoms with E-state index in [1.54, 1.807) is 45.9 Å². The van der Waals surface area contributed by atoms with Crippen molar-refractivity contribution in [3.8, 4) is 5.75 Å². The first-order chi connectivity index (χ1) is 20.3. The van der Waals surface area contributed by atoms with Gasteiger partial charge in [0.2, 0.25) is 5.91 Å². The highest BCUT2D eigenvalue weighted by Crippen LogP contribution is 2.34. The maximum absolute atomic E-state index is 14.4. The van der Waals surface area contributed by atoms with E-state index in [2.05, 4.69) is 17.6 Å². The summed E-state index contributed by atoms with van der Waals surface area (Å²) in [5.41, 5.74) is 0.740. The first-order valence-corrected chi connectivity index (χ1v) is 15.2. The standard InChI is InChI=1S/C35H47N3O5/c1-8-9-10-13-21-38(33(41)29(23(2)3)37-34(42)43-35(5,6)7)30(28-18-14-15-24(4)31(28)39)32(40)36-27-20-19-25-16-11-12-17-26(25)22-27/h11-12,14-20,22-23,29-30,39H,8-10,13,21H2,1-7H3,(H,36,40)(H,37,42). The Morgan fingerprint density at radius 1 is 0.930 bits per heavy atom. The Balaban J connectivity index is 2.07. The van der Waals surface area contributed by atoms with Crippen LogP contribution in [0.15, 0.2) is 60.7 Å². The van der Waals surface area contributed by atoms with Crippen molar-refractivity contribution in [3.63, 3.8) is 0 Å². The summed E-state index contributed by atoms with van der Waals surface area (Å²) in [6.45, 7) is 13.1. The van der Waals surface area contributed by atoms with E-state index in [-0.39, 0.29) is 18.2 Å². The van der Waals surface area contributed by atoms with E-state index >= 15 is 0 Å². The number of rotatable bonds is 12. The molecule has 0 aliphatic carbocycles. The molecule has 43 heavy (non-hydrogen) atoms. The van der Waals surface area contributed by atoms with Crippen molar-refractivity contribution >= 4 is 34.4 Å². The molecule has 2 unspecified atom stereocenters. The van der Waals surface area contributed by atoms with Gasteiger partial charge < -0.3 is 25.4 Å². The van der Waals surface area contributed by atoms with E-state index in [1.807, 2.05) is 56.3 Å². The third kappa shape index (κ3) is 9.21. The van der Waals surface area contributed by atoms with Crippen LogP contribution in [0.25, 0.3) is 10.8 Å². The van der Waals surface area contributed by atoms with Crippen LogP contribution in [0, 0.1) is 12.8 Å². The molecule has 0 aromatic heterocycles. The number of amides is 3. The van der Waals surface area contributed by atoms with E-state index in [4.69, 9.17) is 4.74 Å². The molecule has 0 bridgehead atoms. The Bertz CT molecular complexity index is 1410. The van der Waals surface area contributed by atoms with Gasteiger partial charge in [0.15, 0.2) is 0 Å². The molecule has 0 fully saturated rings. The highest BCUT2D eigenvalue weighted by Gasteiger charge is 2.38. The number of fused-ring (bicyclic) bond motifs is 1. The molecule has 0 saturated heterocycles. The number of carbonyl (C=O) groups excluding carboxylic acids is 3. The lowest BCUT2D eigenvalue weighted by Gasteiger charge is -2.36. The van der Waals surface area contributed by atoms with Crippen LogP contribution in [0.4, 0.5) is 10.5 Å². The molecule has 3 aromatic carbocycles. The zero-order chi connectivity index (χ0) is 31.7. The third-order valence-electron chi connectivity index (χ3n) is 7.28. The van der Waals surface area contributed by atoms with Crippen molar-refractivity contribution < 1.29 is 24.2 Å². The third-order valence-corrected chi connectivity index (χ3v) is 7.28. The molecule has 8 heteroatoms. The number of para-hydroxylation sites is 1. The summed E-state index contributed by atoms with van der Waals surface area (Å²) in [4.78, 5) is 42.9. The fraction of sp³-hybridized carbons (Fsp3) is 0.457. The zero-order valence-electron chi connectivity index (χ0n) is 26.6. The molecular weight excluding hydrogens is 542 g/mol. The number of hydrogen-bond donors (Lipinski definition) is 3. The average Bonchev–Trinajstić information content (AvgIpc) is 2.93. The molecule has 0 radical (unpaired) electrons. The number of phenolic OH excluding ortho intramolecular Hbond substituents is 1. The highest BCUT2D eigenvalue weighted by atomic mass is 16.6. The van der Waals surface area contributed by atoms with Crippen molar-refractivity contribution in [2.45, 2.75) is 91.8 Å². The molecule has 0 heterocycles. The van der Waals surface area contributed by atoms with Gasteiger partial charge in [0.25, 0.3) is 5.91 Å². The molecule has 2 atom stereocenters. The van der Waals surface area contributed by atoms with E-state index in [9.17, 15) is 19.5 Å². The van der Waals surface area contributed by atoms with Crippen LogP contribution in [0.1, 0.15) is 84.4 Å². The van der Waals surface area contributed by atoms with Crippen LogP contribution in [0.3, 0.4) is 0 Å². The molecule has 232 valence electrons. The minimum Gasteiger partial charge on any atom is -0.507 e. The van der Waals surface area contributed by atoms with Gasteiger partial charge in [0.1, 0.15) is 23.4 Å². The molecule has 0 aliphatic rings. The number of carbonyl (C=O) groups is 3. The van der Waals surface area contributed by atoms with Gasteiger partial charge in [-0.1, -0.05) is 88.6 Å². The summed E-state index contributed by atoms with van der Waals surface area (Å²) in [5, 5.41) is 18.9. The van der Waals surface area contributed by atoms with E-state index < -0.39 is 35.6 Å². The number of phenols is 1. The second kappa shape index (κ2) is 14.9. The van der Waals surface area contributed by atoms with Crippen LogP contribution in [0.2, 0.25) is 0 Å². The number of aromatic hydroxyl groups is 1. The minimum atomic E-state index is -1.15. The Hall–Kier alpha value is -4.07. The van der Waals surface area contributed by atoms with Crippen molar-refractivity contribution in [3.05, 3.63) is 71.8 Å². The number of hydrogen-bond acceptors (Lipinski definition) is 5. The van der Waals surface area contributed by atoms with Crippen LogP contribution in [0.5, 0.6) is 5.75 Å². The summed E-state index contributed by atoms with van der Waals surface area (Å²) in [7, 11) is 0. The van der Waals surface area contributed by atoms with E-state index in [0.29, 0.717) is 23.2 Å². The lowest BCUT2D eigenvalue weighted by molar-refractivity contribution is -0.141. The monoisotopic (exact) mass is 589 g/mol. The minimum absolute atomic E-state index is 0.0475. The van der Waals surface area contributed by atoms with Gasteiger partial charge in [-0.25, -0.2) is 4.79 Å². The molecule has 0 saturated carbocycles. The maximum atomic E-state index is 14.4. The summed E-state index contributed by atoms with van der Waals surface area (Å²) >= 11 is 0. The highest BCUT2D eigenvalue weighted by molar-refractivity contribution is 6.00. The van der Waals surface area contributed by atoms with Gasteiger partial charge in [-0.15, -0.1) is 0 Å². The molecule has 3 N–H and O–H groups in total. The Kier molecular flexibility index (Phi) is 11.6. The lowest BCUT2D eigenvalue weighted by Crippen LogP contribution is -2.54. The molecule has 3 amide bonds. The quantitative estimate of drug-likeness (QED) is 0.190. The summed E-state index contributed by atoms with van der Waals surface area (Å²) in [6.07, 6.45) is 2.80. The first-order valence-electron chi connectivity index (χ1n) is 15.2. The van der Waals surface area contributed by atoms with E-state index in [0.717, 1.165) is 30.0 Å². The maximum Gasteiger partial charge on any atom is 0.408 e. The van der Waals surface area contributed by atoms with Crippen LogP contribution < -0.4 is 10.6 Å². The molecule has 8 nitrogen and oxygen atoms in total. The topological polar surface area (TPSA) is 108 Å². The number of benzene rings is 3. The van der Waals surface area contributed by atoms with Gasteiger partial charge in [-0.05, 0) is 68.5 Å². The summed E-state index contributed by atoms with van der Waals surface area (Å²) < 4.78 is 5.46. The largest absolute Gasteiger partial charge is 0.507 e. The smallest absolute Gasteiger partial charge is 0.408 e. The normalized spacial score (nSPS) is 12.9. The Morgan fingerprint density at radius 2 is 1.63 bits per heavy atom. The van der Waals surface area contributed by atoms with Crippen molar-refractivity contribution in [1.82, 2.24) is 10.2 Å². The number of aryl methyl sites for hydroxylation is 1. The van der Waals surface area contributed by atoms with Crippen LogP contribution in [-0.4, -0.2) is 46.1 Å². The molecule has 3 rings (SSSR count). The number of anilines is 1. The zero-order valence-corrected chi connectivity index (χ0v) is 26.6. The lowest BCUT2D eigenvalue weighted by atomic mass is 9.96. The van der Waals surface area contributed by atoms with Gasteiger partial charge in [0, 0.05) is 17.8 Å². The molecular formula is C35H47N3O5. The first kappa shape index (κ1) is 33.4. The van der Waals surface area contributed by atoms with Crippen molar-refractivity contribution in [2.24, 2.45) is 5.92 Å². The number of unbranched alkanes of at least 4 members (excludes halogenated alkanes) is 3. The summed E-state index contributed by atoms with van der Waals surface area (Å²) in [6, 6.07) is 16.6. The number of ether oxygens (including phenoxy) is 1. The average molecular weight is 590 g/mol. The second-order valence-corrected chi connectivity index (χ2v) is 12.4. The van der Waals surface area contributed by atoms with E-state index in [1.165, 1.54) is 4.90 Å². The van der Waals surface area contributed by atoms with Gasteiger partial charge in [-0.2, -0.15) is 0 Å². The Morgan fingerprint density at radius 3 is 2.28 bits per heavy atom. The van der Waals surface area contributed by atoms with Gasteiger partial charge >= 0.3 is 6.09 Å². The number of nitrogens with one attached hydrogen (secondary N) is 2. The summed E-state index contributed by atoms with van der Waals surface area (Å²) in [5.74, 6) is -1.22. The SMILES string of the molecule is CCCCCCN(C(=O)C(NC(=O)OC(C)(C)C)C(C)C)C(C(=O)Nc1ccc2ccccc2c1)c1cccc(C)c1O. The number of nitrogens with zero attached hydrogens (tertiary/aromatic N) is 1.